The van der Waals surface area contributed by atoms with E-state index < -0.39 is 16.1 Å². The smallest absolute Gasteiger partial charge is 0.265 e. The summed E-state index contributed by atoms with van der Waals surface area (Å²) < 4.78 is 35.2. The van der Waals surface area contributed by atoms with Gasteiger partial charge in [0.25, 0.3) is 15.9 Å². The number of anilines is 2. The van der Waals surface area contributed by atoms with E-state index in [-0.39, 0.29) is 10.8 Å². The molecule has 9 heteroatoms. The Kier molecular flexibility index (Phi) is 4.19. The Bertz CT molecular complexity index is 949. The van der Waals surface area contributed by atoms with Crippen LogP contribution in [0.4, 0.5) is 11.4 Å². The molecule has 2 N–H and O–H groups in total. The highest BCUT2D eigenvalue weighted by molar-refractivity contribution is 7.92. The molecule has 0 unspecified atom stereocenters. The van der Waals surface area contributed by atoms with Crippen molar-refractivity contribution in [2.24, 2.45) is 0 Å². The van der Waals surface area contributed by atoms with Gasteiger partial charge in [-0.2, -0.15) is 5.10 Å². The molecule has 8 nitrogen and oxygen atoms in total. The first-order chi connectivity index (χ1) is 11.7. The molecule has 1 atom stereocenters. The molecular formula is C16H20N4O4S. The van der Waals surface area contributed by atoms with Crippen LogP contribution in [0.15, 0.2) is 23.1 Å². The van der Waals surface area contributed by atoms with Crippen molar-refractivity contribution >= 4 is 27.3 Å². The van der Waals surface area contributed by atoms with Crippen molar-refractivity contribution in [1.29, 1.82) is 0 Å². The summed E-state index contributed by atoms with van der Waals surface area (Å²) in [5.41, 5.74) is 2.15. The number of amides is 1. The Morgan fingerprint density at radius 1 is 1.36 bits per heavy atom. The Labute approximate surface area is 146 Å². The maximum Gasteiger partial charge on any atom is 0.265 e. The summed E-state index contributed by atoms with van der Waals surface area (Å²) in [6.45, 7) is 7.77. The highest BCUT2D eigenvalue weighted by Crippen LogP contribution is 2.33. The van der Waals surface area contributed by atoms with E-state index in [0.29, 0.717) is 29.4 Å². The van der Waals surface area contributed by atoms with Gasteiger partial charge in [0.15, 0.2) is 6.10 Å². The number of nitrogens with zero attached hydrogens (tertiary/aromatic N) is 2. The van der Waals surface area contributed by atoms with Crippen LogP contribution in [0.3, 0.4) is 0 Å². The minimum absolute atomic E-state index is 0.0350. The number of hydrogen-bond donors (Lipinski definition) is 2. The Balaban J connectivity index is 1.95. The number of carbonyl (C=O) groups is 1. The third-order valence-corrected chi connectivity index (χ3v) is 5.46. The fourth-order valence-corrected chi connectivity index (χ4v) is 3.90. The number of carbonyl (C=O) groups excluding carboxylic acids is 1. The van der Waals surface area contributed by atoms with Crippen LogP contribution >= 0.6 is 0 Å². The van der Waals surface area contributed by atoms with E-state index in [9.17, 15) is 13.2 Å². The third-order valence-electron chi connectivity index (χ3n) is 4.11. The quantitative estimate of drug-likeness (QED) is 0.864. The molecule has 0 saturated carbocycles. The molecule has 1 aromatic carbocycles. The zero-order valence-corrected chi connectivity index (χ0v) is 15.3. The lowest BCUT2D eigenvalue weighted by atomic mass is 10.2. The summed E-state index contributed by atoms with van der Waals surface area (Å²) in [6, 6.07) is 4.37. The predicted octanol–water partition coefficient (Wildman–Crippen LogP) is 2.04. The van der Waals surface area contributed by atoms with Crippen molar-refractivity contribution in [1.82, 2.24) is 9.78 Å². The SMILES string of the molecule is CCn1nc(C)c(NS(=O)(=O)c2ccc3c(c2)NC(=O)[C@@H](C)O3)c1C. The standard InChI is InChI=1S/C16H20N4O4S/c1-5-20-10(3)15(9(2)18-20)19-25(22,23)12-6-7-14-13(8-12)17-16(21)11(4)24-14/h6-8,11,19H,5H2,1-4H3,(H,17,21)/t11-/m1/s1. The predicted molar refractivity (Wildman–Crippen MR) is 93.3 cm³/mol. The molecule has 1 aromatic heterocycles. The van der Waals surface area contributed by atoms with Gasteiger partial charge >= 0.3 is 0 Å². The van der Waals surface area contributed by atoms with Gasteiger partial charge in [-0.15, -0.1) is 0 Å². The van der Waals surface area contributed by atoms with Crippen molar-refractivity contribution in [2.75, 3.05) is 10.0 Å². The van der Waals surface area contributed by atoms with Gasteiger partial charge in [-0.1, -0.05) is 0 Å². The van der Waals surface area contributed by atoms with E-state index in [2.05, 4.69) is 15.1 Å². The second kappa shape index (κ2) is 6.07. The average Bonchev–Trinajstić information content (AvgIpc) is 2.82. The summed E-state index contributed by atoms with van der Waals surface area (Å²) in [5, 5.41) is 6.96. The zero-order chi connectivity index (χ0) is 18.4. The summed E-state index contributed by atoms with van der Waals surface area (Å²) in [5.74, 6) is 0.128. The Morgan fingerprint density at radius 3 is 2.72 bits per heavy atom. The van der Waals surface area contributed by atoms with Gasteiger partial charge in [0.1, 0.15) is 5.75 Å². The van der Waals surface area contributed by atoms with E-state index in [0.717, 1.165) is 5.69 Å². The monoisotopic (exact) mass is 364 g/mol. The molecule has 0 bridgehead atoms. The van der Waals surface area contributed by atoms with Crippen molar-refractivity contribution in [3.8, 4) is 5.75 Å². The molecule has 0 aliphatic carbocycles. The number of sulfonamides is 1. The minimum Gasteiger partial charge on any atom is -0.479 e. The van der Waals surface area contributed by atoms with E-state index in [4.69, 9.17) is 4.74 Å². The zero-order valence-electron chi connectivity index (χ0n) is 14.5. The first-order valence-electron chi connectivity index (χ1n) is 7.91. The fourth-order valence-electron chi connectivity index (χ4n) is 2.70. The van der Waals surface area contributed by atoms with Crippen LogP contribution in [-0.2, 0) is 21.4 Å². The first kappa shape index (κ1) is 17.3. The molecule has 1 aliphatic rings. The fraction of sp³-hybridized carbons (Fsp3) is 0.375. The van der Waals surface area contributed by atoms with Gasteiger partial charge in [-0.25, -0.2) is 8.42 Å². The maximum atomic E-state index is 12.7. The Morgan fingerprint density at radius 2 is 2.08 bits per heavy atom. The van der Waals surface area contributed by atoms with Crippen LogP contribution in [0, 0.1) is 13.8 Å². The van der Waals surface area contributed by atoms with Gasteiger partial charge in [0.05, 0.1) is 27.7 Å². The number of benzene rings is 1. The number of aryl methyl sites for hydroxylation is 2. The molecular weight excluding hydrogens is 344 g/mol. The molecule has 2 aromatic rings. The number of nitrogens with one attached hydrogen (secondary N) is 2. The molecule has 0 radical (unpaired) electrons. The van der Waals surface area contributed by atoms with Gasteiger partial charge in [0, 0.05) is 6.54 Å². The lowest BCUT2D eigenvalue weighted by Gasteiger charge is -2.23. The van der Waals surface area contributed by atoms with E-state index in [1.54, 1.807) is 18.5 Å². The number of hydrogen-bond acceptors (Lipinski definition) is 5. The molecule has 134 valence electrons. The minimum atomic E-state index is -3.83. The van der Waals surface area contributed by atoms with Crippen molar-refractivity contribution in [2.45, 2.75) is 45.2 Å². The summed E-state index contributed by atoms with van der Waals surface area (Å²) >= 11 is 0. The van der Waals surface area contributed by atoms with E-state index in [1.807, 2.05) is 13.8 Å². The number of rotatable bonds is 4. The lowest BCUT2D eigenvalue weighted by molar-refractivity contribution is -0.122. The second-order valence-corrected chi connectivity index (χ2v) is 7.56. The average molecular weight is 364 g/mol. The topological polar surface area (TPSA) is 102 Å². The van der Waals surface area contributed by atoms with Gasteiger partial charge in [-0.3, -0.25) is 14.2 Å². The van der Waals surface area contributed by atoms with Crippen LogP contribution in [0.2, 0.25) is 0 Å². The second-order valence-electron chi connectivity index (χ2n) is 5.87. The molecule has 3 rings (SSSR count). The molecule has 2 heterocycles. The van der Waals surface area contributed by atoms with Gasteiger partial charge in [0.2, 0.25) is 0 Å². The molecule has 25 heavy (non-hydrogen) atoms. The van der Waals surface area contributed by atoms with Crippen LogP contribution in [0.1, 0.15) is 25.2 Å². The van der Waals surface area contributed by atoms with Crippen molar-refractivity contribution < 1.29 is 17.9 Å². The van der Waals surface area contributed by atoms with Crippen LogP contribution in [0.25, 0.3) is 0 Å². The van der Waals surface area contributed by atoms with Gasteiger partial charge in [-0.05, 0) is 45.9 Å². The number of ether oxygens (including phenoxy) is 1. The highest BCUT2D eigenvalue weighted by Gasteiger charge is 2.26. The number of aromatic nitrogens is 2. The van der Waals surface area contributed by atoms with Gasteiger partial charge < -0.3 is 10.1 Å². The summed E-state index contributed by atoms with van der Waals surface area (Å²) in [4.78, 5) is 11.8. The Hall–Kier alpha value is -2.55. The molecule has 0 fully saturated rings. The maximum absolute atomic E-state index is 12.7. The number of fused-ring (bicyclic) bond motifs is 1. The molecule has 1 amide bonds. The molecule has 0 spiro atoms. The van der Waals surface area contributed by atoms with E-state index >= 15 is 0 Å². The van der Waals surface area contributed by atoms with Crippen LogP contribution in [-0.4, -0.2) is 30.2 Å². The highest BCUT2D eigenvalue weighted by atomic mass is 32.2. The summed E-state index contributed by atoms with van der Waals surface area (Å²) in [7, 11) is -3.83. The first-order valence-corrected chi connectivity index (χ1v) is 9.39. The summed E-state index contributed by atoms with van der Waals surface area (Å²) in [6.07, 6.45) is -0.613. The van der Waals surface area contributed by atoms with Crippen LogP contribution in [0.5, 0.6) is 5.75 Å². The largest absolute Gasteiger partial charge is 0.479 e. The van der Waals surface area contributed by atoms with Crippen molar-refractivity contribution in [3.05, 3.63) is 29.6 Å². The molecule has 1 aliphatic heterocycles. The van der Waals surface area contributed by atoms with E-state index in [1.165, 1.54) is 18.2 Å². The normalized spacial score (nSPS) is 16.8. The third kappa shape index (κ3) is 3.07. The molecule has 0 saturated heterocycles. The van der Waals surface area contributed by atoms with Crippen LogP contribution < -0.4 is 14.8 Å². The lowest BCUT2D eigenvalue weighted by Crippen LogP contribution is -2.34. The van der Waals surface area contributed by atoms with Crippen molar-refractivity contribution in [3.63, 3.8) is 0 Å².